The van der Waals surface area contributed by atoms with Gasteiger partial charge in [0.2, 0.25) is 11.7 Å². The first-order valence-electron chi connectivity index (χ1n) is 5.77. The summed E-state index contributed by atoms with van der Waals surface area (Å²) in [6.07, 6.45) is 0. The molecule has 0 spiro atoms. The van der Waals surface area contributed by atoms with E-state index >= 15 is 0 Å². The number of hydrogen-bond acceptors (Lipinski definition) is 5. The quantitative estimate of drug-likeness (QED) is 0.908. The van der Waals surface area contributed by atoms with Gasteiger partial charge in [0, 0.05) is 27.6 Å². The average molecular weight is 344 g/mol. The lowest BCUT2D eigenvalue weighted by Crippen LogP contribution is -2.26. The molecule has 2 unspecified atom stereocenters. The second-order valence-electron chi connectivity index (χ2n) is 4.42. The molecule has 4 nitrogen and oxygen atoms in total. The van der Waals surface area contributed by atoms with Crippen LogP contribution in [0.3, 0.4) is 0 Å². The van der Waals surface area contributed by atoms with Crippen LogP contribution in [0.1, 0.15) is 11.8 Å². The lowest BCUT2D eigenvalue weighted by Gasteiger charge is -2.07. The Labute approximate surface area is 122 Å². The van der Waals surface area contributed by atoms with E-state index in [1.54, 1.807) is 17.8 Å². The number of rotatable bonds is 2. The van der Waals surface area contributed by atoms with Crippen LogP contribution < -0.4 is 5.73 Å². The highest BCUT2D eigenvalue weighted by molar-refractivity contribution is 9.10. The van der Waals surface area contributed by atoms with Crippen molar-refractivity contribution in [1.82, 2.24) is 10.1 Å². The lowest BCUT2D eigenvalue weighted by atomic mass is 10.1. The summed E-state index contributed by atoms with van der Waals surface area (Å²) < 4.78 is 19.2. The fourth-order valence-electron chi connectivity index (χ4n) is 2.01. The summed E-state index contributed by atoms with van der Waals surface area (Å²) >= 11 is 5.02. The highest BCUT2D eigenvalue weighted by atomic mass is 79.9. The molecule has 0 radical (unpaired) electrons. The van der Waals surface area contributed by atoms with Gasteiger partial charge in [0.15, 0.2) is 0 Å². The summed E-state index contributed by atoms with van der Waals surface area (Å²) in [6.45, 7) is 0. The van der Waals surface area contributed by atoms with Crippen molar-refractivity contribution in [2.45, 2.75) is 12.0 Å². The van der Waals surface area contributed by atoms with Crippen LogP contribution >= 0.6 is 27.7 Å². The van der Waals surface area contributed by atoms with Crippen LogP contribution in [-0.4, -0.2) is 27.7 Å². The van der Waals surface area contributed by atoms with Gasteiger partial charge in [0.25, 0.3) is 0 Å². The Kier molecular flexibility index (Phi) is 3.60. The summed E-state index contributed by atoms with van der Waals surface area (Å²) in [6, 6.07) is 4.55. The van der Waals surface area contributed by atoms with Crippen molar-refractivity contribution in [3.63, 3.8) is 0 Å². The molecule has 1 aliphatic rings. The first-order valence-corrected chi connectivity index (χ1v) is 7.71. The minimum Gasteiger partial charge on any atom is -0.339 e. The second kappa shape index (κ2) is 5.22. The Morgan fingerprint density at radius 3 is 2.89 bits per heavy atom. The van der Waals surface area contributed by atoms with Crippen molar-refractivity contribution in [2.24, 2.45) is 5.73 Å². The topological polar surface area (TPSA) is 64.9 Å². The molecule has 1 aromatic heterocycles. The van der Waals surface area contributed by atoms with Crippen molar-refractivity contribution in [3.8, 4) is 11.4 Å². The van der Waals surface area contributed by atoms with Gasteiger partial charge in [0.05, 0.1) is 5.92 Å². The van der Waals surface area contributed by atoms with Gasteiger partial charge >= 0.3 is 0 Å². The van der Waals surface area contributed by atoms with E-state index in [0.717, 1.165) is 11.5 Å². The van der Waals surface area contributed by atoms with Gasteiger partial charge in [-0.05, 0) is 18.2 Å². The van der Waals surface area contributed by atoms with Crippen LogP contribution in [0.5, 0.6) is 0 Å². The van der Waals surface area contributed by atoms with E-state index in [1.165, 1.54) is 12.1 Å². The maximum absolute atomic E-state index is 13.3. The van der Waals surface area contributed by atoms with Gasteiger partial charge < -0.3 is 10.3 Å². The van der Waals surface area contributed by atoms with E-state index in [2.05, 4.69) is 26.1 Å². The lowest BCUT2D eigenvalue weighted by molar-refractivity contribution is 0.352. The van der Waals surface area contributed by atoms with E-state index in [1.807, 2.05) is 0 Å². The number of halogens is 2. The van der Waals surface area contributed by atoms with E-state index in [4.69, 9.17) is 10.3 Å². The third kappa shape index (κ3) is 2.68. The van der Waals surface area contributed by atoms with Crippen molar-refractivity contribution >= 4 is 27.7 Å². The van der Waals surface area contributed by atoms with Crippen molar-refractivity contribution in [1.29, 1.82) is 0 Å². The molecule has 0 saturated carbocycles. The standard InChI is InChI=1S/C12H11BrFN3OS/c13-7-1-6(2-8(14)3-7)11-16-12(18-17-11)9-4-19-5-10(9)15/h1-3,9-10H,4-5,15H2. The van der Waals surface area contributed by atoms with Gasteiger partial charge in [-0.3, -0.25) is 0 Å². The molecular formula is C12H11BrFN3OS. The molecular weight excluding hydrogens is 333 g/mol. The van der Waals surface area contributed by atoms with E-state index in [-0.39, 0.29) is 17.8 Å². The number of aromatic nitrogens is 2. The number of nitrogens with zero attached hydrogens (tertiary/aromatic N) is 2. The smallest absolute Gasteiger partial charge is 0.232 e. The van der Waals surface area contributed by atoms with E-state index in [0.29, 0.717) is 21.8 Å². The third-order valence-corrected chi connectivity index (χ3v) is 4.68. The van der Waals surface area contributed by atoms with Crippen LogP contribution in [0.25, 0.3) is 11.4 Å². The molecule has 1 aliphatic heterocycles. The monoisotopic (exact) mass is 343 g/mol. The molecule has 1 saturated heterocycles. The predicted molar refractivity (Wildman–Crippen MR) is 75.4 cm³/mol. The highest BCUT2D eigenvalue weighted by Gasteiger charge is 2.31. The molecule has 2 N–H and O–H groups in total. The number of benzene rings is 1. The van der Waals surface area contributed by atoms with E-state index < -0.39 is 0 Å². The predicted octanol–water partition coefficient (Wildman–Crippen LogP) is 2.80. The van der Waals surface area contributed by atoms with Crippen LogP contribution in [0.2, 0.25) is 0 Å². The Hall–Kier alpha value is -0.920. The minimum atomic E-state index is -0.344. The maximum Gasteiger partial charge on any atom is 0.232 e. The second-order valence-corrected chi connectivity index (χ2v) is 6.41. The van der Waals surface area contributed by atoms with Crippen LogP contribution in [0, 0.1) is 5.82 Å². The molecule has 0 bridgehead atoms. The SMILES string of the molecule is NC1CSCC1c1nc(-c2cc(F)cc(Br)c2)no1. The number of nitrogens with two attached hydrogens (primary N) is 1. The zero-order valence-electron chi connectivity index (χ0n) is 9.85. The molecule has 7 heteroatoms. The average Bonchev–Trinajstić information content (AvgIpc) is 2.95. The van der Waals surface area contributed by atoms with Gasteiger partial charge in [-0.2, -0.15) is 16.7 Å². The normalized spacial score (nSPS) is 22.9. The molecule has 0 amide bonds. The molecule has 19 heavy (non-hydrogen) atoms. The number of hydrogen-bond donors (Lipinski definition) is 1. The van der Waals surface area contributed by atoms with Gasteiger partial charge in [-0.1, -0.05) is 21.1 Å². The summed E-state index contributed by atoms with van der Waals surface area (Å²) in [5.74, 6) is 2.45. The van der Waals surface area contributed by atoms with Crippen LogP contribution in [-0.2, 0) is 0 Å². The van der Waals surface area contributed by atoms with Crippen molar-refractivity contribution in [3.05, 3.63) is 34.4 Å². The molecule has 0 aliphatic carbocycles. The van der Waals surface area contributed by atoms with Gasteiger partial charge in [0.1, 0.15) is 5.82 Å². The first-order chi connectivity index (χ1) is 9.13. The number of thioether (sulfide) groups is 1. The Bertz CT molecular complexity index is 586. The summed E-state index contributed by atoms with van der Waals surface area (Å²) in [7, 11) is 0. The van der Waals surface area contributed by atoms with Crippen molar-refractivity contribution in [2.75, 3.05) is 11.5 Å². The van der Waals surface area contributed by atoms with Crippen molar-refractivity contribution < 1.29 is 8.91 Å². The van der Waals surface area contributed by atoms with Gasteiger partial charge in [-0.25, -0.2) is 4.39 Å². The molecule has 2 heterocycles. The zero-order chi connectivity index (χ0) is 13.4. The Morgan fingerprint density at radius 1 is 1.37 bits per heavy atom. The fraction of sp³-hybridized carbons (Fsp3) is 0.333. The Balaban J connectivity index is 1.92. The zero-order valence-corrected chi connectivity index (χ0v) is 12.2. The fourth-order valence-corrected chi connectivity index (χ4v) is 3.76. The minimum absolute atomic E-state index is 0.0394. The molecule has 1 aromatic carbocycles. The molecule has 3 rings (SSSR count). The van der Waals surface area contributed by atoms with Crippen LogP contribution in [0.15, 0.2) is 27.2 Å². The molecule has 2 atom stereocenters. The van der Waals surface area contributed by atoms with Crippen LogP contribution in [0.4, 0.5) is 4.39 Å². The molecule has 2 aromatic rings. The highest BCUT2D eigenvalue weighted by Crippen LogP contribution is 2.32. The Morgan fingerprint density at radius 2 is 2.21 bits per heavy atom. The third-order valence-electron chi connectivity index (χ3n) is 3.00. The summed E-state index contributed by atoms with van der Waals surface area (Å²) in [5.41, 5.74) is 6.58. The molecule has 1 fully saturated rings. The first kappa shape index (κ1) is 13.1. The summed E-state index contributed by atoms with van der Waals surface area (Å²) in [4.78, 5) is 4.34. The molecule has 100 valence electrons. The largest absolute Gasteiger partial charge is 0.339 e. The summed E-state index contributed by atoms with van der Waals surface area (Å²) in [5, 5.41) is 3.91. The van der Waals surface area contributed by atoms with Gasteiger partial charge in [-0.15, -0.1) is 0 Å². The maximum atomic E-state index is 13.3. The van der Waals surface area contributed by atoms with E-state index in [9.17, 15) is 4.39 Å².